The highest BCUT2D eigenvalue weighted by Crippen LogP contribution is 2.29. The molecule has 1 aliphatic rings. The third-order valence-electron chi connectivity index (χ3n) is 3.10. The normalized spacial score (nSPS) is 19.4. The van der Waals surface area contributed by atoms with Gasteiger partial charge in [-0.1, -0.05) is 13.3 Å². The van der Waals surface area contributed by atoms with Gasteiger partial charge in [-0.3, -0.25) is 0 Å². The number of nitrogens with two attached hydrogens (primary N) is 1. The Morgan fingerprint density at radius 2 is 2.15 bits per heavy atom. The van der Waals surface area contributed by atoms with E-state index in [1.54, 1.807) is 0 Å². The van der Waals surface area contributed by atoms with Crippen LogP contribution in [0.3, 0.4) is 0 Å². The lowest BCUT2D eigenvalue weighted by atomic mass is 10.0. The second-order valence-corrected chi connectivity index (χ2v) is 4.50. The van der Waals surface area contributed by atoms with Crippen molar-refractivity contribution < 1.29 is 0 Å². The van der Waals surface area contributed by atoms with Gasteiger partial charge in [-0.15, -0.1) is 0 Å². The zero-order valence-corrected chi connectivity index (χ0v) is 9.13. The summed E-state index contributed by atoms with van der Waals surface area (Å²) < 4.78 is 0. The van der Waals surface area contributed by atoms with Gasteiger partial charge in [0, 0.05) is 6.54 Å². The molecule has 0 heterocycles. The summed E-state index contributed by atoms with van der Waals surface area (Å²) in [5, 5.41) is 0. The SMILES string of the molecule is CCC(CN)CCN(C)CC1CC1. The van der Waals surface area contributed by atoms with Crippen LogP contribution in [0, 0.1) is 11.8 Å². The molecule has 2 nitrogen and oxygen atoms in total. The quantitative estimate of drug-likeness (QED) is 0.652. The smallest absolute Gasteiger partial charge is 0.000661 e. The van der Waals surface area contributed by atoms with E-state index in [1.807, 2.05) is 0 Å². The van der Waals surface area contributed by atoms with Gasteiger partial charge in [-0.2, -0.15) is 0 Å². The molecule has 0 aromatic carbocycles. The van der Waals surface area contributed by atoms with Crippen molar-refractivity contribution in [1.29, 1.82) is 0 Å². The molecule has 2 N–H and O–H groups in total. The maximum atomic E-state index is 5.66. The molecular formula is C11H24N2. The lowest BCUT2D eigenvalue weighted by Crippen LogP contribution is -2.26. The number of nitrogens with zero attached hydrogens (tertiary/aromatic N) is 1. The first-order valence-corrected chi connectivity index (χ1v) is 5.64. The van der Waals surface area contributed by atoms with Crippen LogP contribution in [0.15, 0.2) is 0 Å². The van der Waals surface area contributed by atoms with Crippen LogP contribution < -0.4 is 5.73 Å². The molecule has 1 fully saturated rings. The minimum atomic E-state index is 0.738. The first kappa shape index (κ1) is 11.0. The fourth-order valence-corrected chi connectivity index (χ4v) is 1.72. The number of hydrogen-bond donors (Lipinski definition) is 1. The Balaban J connectivity index is 2.01. The van der Waals surface area contributed by atoms with Crippen LogP contribution in [0.5, 0.6) is 0 Å². The van der Waals surface area contributed by atoms with Gasteiger partial charge in [-0.05, 0) is 51.2 Å². The van der Waals surface area contributed by atoms with E-state index in [1.165, 1.54) is 38.8 Å². The maximum absolute atomic E-state index is 5.66. The average molecular weight is 184 g/mol. The summed E-state index contributed by atoms with van der Waals surface area (Å²) >= 11 is 0. The second-order valence-electron chi connectivity index (χ2n) is 4.50. The summed E-state index contributed by atoms with van der Waals surface area (Å²) in [5.41, 5.74) is 5.66. The molecule has 1 aliphatic carbocycles. The van der Waals surface area contributed by atoms with Crippen molar-refractivity contribution in [1.82, 2.24) is 4.90 Å². The number of hydrogen-bond acceptors (Lipinski definition) is 2. The molecule has 0 bridgehead atoms. The summed E-state index contributed by atoms with van der Waals surface area (Å²) in [4.78, 5) is 2.47. The highest BCUT2D eigenvalue weighted by molar-refractivity contribution is 4.76. The molecule has 1 unspecified atom stereocenters. The third-order valence-corrected chi connectivity index (χ3v) is 3.10. The fraction of sp³-hybridized carbons (Fsp3) is 1.00. The standard InChI is InChI=1S/C11H24N2/c1-3-10(8-12)6-7-13(2)9-11-4-5-11/h10-11H,3-9,12H2,1-2H3. The van der Waals surface area contributed by atoms with E-state index in [4.69, 9.17) is 5.73 Å². The zero-order chi connectivity index (χ0) is 9.68. The Hall–Kier alpha value is -0.0800. The Labute approximate surface area is 82.5 Å². The van der Waals surface area contributed by atoms with Crippen LogP contribution in [0.2, 0.25) is 0 Å². The summed E-state index contributed by atoms with van der Waals surface area (Å²) in [5.74, 6) is 1.75. The molecular weight excluding hydrogens is 160 g/mol. The van der Waals surface area contributed by atoms with Crippen LogP contribution in [0.25, 0.3) is 0 Å². The van der Waals surface area contributed by atoms with Gasteiger partial charge >= 0.3 is 0 Å². The van der Waals surface area contributed by atoms with Crippen molar-refractivity contribution in [2.24, 2.45) is 17.6 Å². The number of rotatable bonds is 7. The van der Waals surface area contributed by atoms with E-state index in [9.17, 15) is 0 Å². The lowest BCUT2D eigenvalue weighted by Gasteiger charge is -2.19. The Morgan fingerprint density at radius 1 is 1.46 bits per heavy atom. The maximum Gasteiger partial charge on any atom is 0.000661 e. The monoisotopic (exact) mass is 184 g/mol. The van der Waals surface area contributed by atoms with Gasteiger partial charge < -0.3 is 10.6 Å². The molecule has 0 amide bonds. The van der Waals surface area contributed by atoms with E-state index in [0.29, 0.717) is 0 Å². The van der Waals surface area contributed by atoms with E-state index in [0.717, 1.165) is 18.4 Å². The minimum Gasteiger partial charge on any atom is -0.330 e. The zero-order valence-electron chi connectivity index (χ0n) is 9.13. The van der Waals surface area contributed by atoms with E-state index >= 15 is 0 Å². The largest absolute Gasteiger partial charge is 0.330 e. The molecule has 0 radical (unpaired) electrons. The van der Waals surface area contributed by atoms with Gasteiger partial charge in [-0.25, -0.2) is 0 Å². The van der Waals surface area contributed by atoms with Crippen LogP contribution in [0.1, 0.15) is 32.6 Å². The van der Waals surface area contributed by atoms with Crippen molar-refractivity contribution in [3.63, 3.8) is 0 Å². The van der Waals surface area contributed by atoms with E-state index in [2.05, 4.69) is 18.9 Å². The van der Waals surface area contributed by atoms with E-state index in [-0.39, 0.29) is 0 Å². The molecule has 1 saturated carbocycles. The molecule has 0 aliphatic heterocycles. The fourth-order valence-electron chi connectivity index (χ4n) is 1.72. The molecule has 78 valence electrons. The molecule has 0 spiro atoms. The Morgan fingerprint density at radius 3 is 2.62 bits per heavy atom. The van der Waals surface area contributed by atoms with Crippen LogP contribution in [-0.2, 0) is 0 Å². The molecule has 1 atom stereocenters. The molecule has 2 heteroatoms. The predicted molar refractivity (Wildman–Crippen MR) is 57.7 cm³/mol. The van der Waals surface area contributed by atoms with Crippen molar-refractivity contribution in [2.45, 2.75) is 32.6 Å². The Kier molecular flexibility index (Phi) is 4.74. The molecule has 0 aromatic heterocycles. The van der Waals surface area contributed by atoms with Crippen molar-refractivity contribution in [3.05, 3.63) is 0 Å². The molecule has 1 rings (SSSR count). The first-order valence-electron chi connectivity index (χ1n) is 5.64. The van der Waals surface area contributed by atoms with Crippen molar-refractivity contribution >= 4 is 0 Å². The molecule has 13 heavy (non-hydrogen) atoms. The second kappa shape index (κ2) is 5.61. The van der Waals surface area contributed by atoms with Crippen LogP contribution in [0.4, 0.5) is 0 Å². The summed E-state index contributed by atoms with van der Waals surface area (Å²) in [7, 11) is 2.24. The van der Waals surface area contributed by atoms with Crippen molar-refractivity contribution in [3.8, 4) is 0 Å². The van der Waals surface area contributed by atoms with Gasteiger partial charge in [0.2, 0.25) is 0 Å². The highest BCUT2D eigenvalue weighted by atomic mass is 15.1. The van der Waals surface area contributed by atoms with Crippen molar-refractivity contribution in [2.75, 3.05) is 26.7 Å². The van der Waals surface area contributed by atoms with Gasteiger partial charge in [0.1, 0.15) is 0 Å². The van der Waals surface area contributed by atoms with Gasteiger partial charge in [0.05, 0.1) is 0 Å². The molecule has 0 aromatic rings. The average Bonchev–Trinajstić information content (AvgIpc) is 2.90. The summed E-state index contributed by atoms with van der Waals surface area (Å²) in [6.45, 7) is 5.62. The van der Waals surface area contributed by atoms with Crippen LogP contribution >= 0.6 is 0 Å². The highest BCUT2D eigenvalue weighted by Gasteiger charge is 2.22. The van der Waals surface area contributed by atoms with Gasteiger partial charge in [0.15, 0.2) is 0 Å². The Bertz CT molecular complexity index is 128. The van der Waals surface area contributed by atoms with E-state index < -0.39 is 0 Å². The topological polar surface area (TPSA) is 29.3 Å². The van der Waals surface area contributed by atoms with Crippen LogP contribution in [-0.4, -0.2) is 31.6 Å². The first-order chi connectivity index (χ1) is 6.26. The third kappa shape index (κ3) is 4.63. The predicted octanol–water partition coefficient (Wildman–Crippen LogP) is 1.70. The minimum absolute atomic E-state index is 0.738. The van der Waals surface area contributed by atoms with Gasteiger partial charge in [0.25, 0.3) is 0 Å². The lowest BCUT2D eigenvalue weighted by molar-refractivity contribution is 0.288. The summed E-state index contributed by atoms with van der Waals surface area (Å²) in [6.07, 6.45) is 5.42. The molecule has 0 saturated heterocycles. The summed E-state index contributed by atoms with van der Waals surface area (Å²) in [6, 6.07) is 0.